The number of rotatable bonds is 42. The largest absolute Gasteiger partial charge is 0.497 e. The van der Waals surface area contributed by atoms with Gasteiger partial charge in [0.15, 0.2) is 31.1 Å². The van der Waals surface area contributed by atoms with Crippen LogP contribution in [0.5, 0.6) is 11.5 Å². The SMILES string of the molecule is COc1ccc(OCCC(C)(C)C(=O)O[C@H]2[C@H](O[C@@H]3[C@@H](OCc4ccccc4)[C@H](C)O[C@@H](O[C@H]4[C@H](OCCCCCN(Cc5ccccc5)C(=O)OCc5ccccc5)O[C@@H](C)[C@H](OCc5ccccc5)[C@H]4OCc4ccccc4)[C@@H]3OC(=O)C(C)(C)CCN=[N+]=[N-])O[C@@H](C)[C@H](OCc3ccccc3)[C@H]2OCc2ccccc2)cc1. The number of unbranched alkanes of at least 4 members (excludes halogenated alkanes) is 2. The average molecular weight is 1580 g/mol. The van der Waals surface area contributed by atoms with Crippen LogP contribution in [-0.4, -0.2) is 148 Å². The van der Waals surface area contributed by atoms with Crippen LogP contribution in [-0.2, 0) is 122 Å². The maximum absolute atomic E-state index is 15.6. The molecule has 0 aromatic heterocycles. The molecular weight excluding hydrogens is 1470 g/mol. The molecule has 1 amide bonds. The number of methoxy groups -OCH3 is 1. The van der Waals surface area contributed by atoms with Crippen LogP contribution in [0.15, 0.2) is 242 Å². The fraction of sp³-hybridized carbons (Fsp3) is 0.446. The first-order valence-corrected chi connectivity index (χ1v) is 39.8. The van der Waals surface area contributed by atoms with Crippen molar-refractivity contribution in [2.24, 2.45) is 15.9 Å². The molecule has 15 atom stereocenters. The molecule has 0 N–H and O–H groups in total. The summed E-state index contributed by atoms with van der Waals surface area (Å²) in [7, 11) is 1.59. The van der Waals surface area contributed by atoms with Crippen molar-refractivity contribution < 1.29 is 90.2 Å². The second-order valence-corrected chi connectivity index (χ2v) is 30.5. The van der Waals surface area contributed by atoms with Gasteiger partial charge in [-0.25, -0.2) is 4.79 Å². The molecule has 0 radical (unpaired) electrons. The highest BCUT2D eigenvalue weighted by Crippen LogP contribution is 2.41. The summed E-state index contributed by atoms with van der Waals surface area (Å²) < 4.78 is 110. The minimum absolute atomic E-state index is 0.0256. The van der Waals surface area contributed by atoms with Crippen LogP contribution in [0.1, 0.15) is 120 Å². The molecule has 0 saturated carbocycles. The summed E-state index contributed by atoms with van der Waals surface area (Å²) in [4.78, 5) is 49.7. The molecule has 11 rings (SSSR count). The molecule has 3 saturated heterocycles. The van der Waals surface area contributed by atoms with E-state index in [9.17, 15) is 10.3 Å². The van der Waals surface area contributed by atoms with Crippen LogP contribution < -0.4 is 9.47 Å². The van der Waals surface area contributed by atoms with Gasteiger partial charge in [-0.15, -0.1) is 0 Å². The van der Waals surface area contributed by atoms with Gasteiger partial charge in [0.05, 0.1) is 75.9 Å². The van der Waals surface area contributed by atoms with Crippen LogP contribution in [0.25, 0.3) is 10.4 Å². The molecule has 0 spiro atoms. The van der Waals surface area contributed by atoms with Crippen LogP contribution in [0.3, 0.4) is 0 Å². The molecule has 612 valence electrons. The molecule has 0 bridgehead atoms. The number of ether oxygens (including phenoxy) is 16. The standard InChI is InChI=1S/C92H110N4O19/c1-64-76(103-58-68-35-19-10-20-36-68)79(106-61-71-41-25-13-26-42-71)82(85(109-64)102-55-32-16-31-54-96(57-67-33-17-9-18-34-67)90(99)108-63-73-45-29-15-30-46-73)113-87-84(115-88(97)91(4,5)51-53-94-95-93)81(78(66(3)111-87)105-60-70-39-23-12-24-40-70)112-86-83(114-89(98)92(6,7)52-56-101-75-49-47-74(100-8)48-50-75)80(107-62-72-43-27-14-28-44-72)77(65(2)110-86)104-59-69-37-21-11-22-38-69/h9-15,17-30,33-50,64-66,76-87H,16,31-32,51-63H2,1-8H3/t64-,65-,66-,76-,77-,78-,79+,80+,81+,82+,83+,84+,85+,86-,87-/m0/s1. The van der Waals surface area contributed by atoms with Gasteiger partial charge < -0.3 is 80.7 Å². The summed E-state index contributed by atoms with van der Waals surface area (Å²) in [6.45, 7) is 14.1. The van der Waals surface area contributed by atoms with Gasteiger partial charge in [0.2, 0.25) is 0 Å². The van der Waals surface area contributed by atoms with Gasteiger partial charge in [0, 0.05) is 31.2 Å². The van der Waals surface area contributed by atoms with Crippen molar-refractivity contribution in [1.29, 1.82) is 0 Å². The van der Waals surface area contributed by atoms with E-state index in [1.54, 1.807) is 64.0 Å². The highest BCUT2D eigenvalue weighted by Gasteiger charge is 2.58. The van der Waals surface area contributed by atoms with E-state index in [-0.39, 0.29) is 72.2 Å². The number of carbonyl (C=O) groups excluding carboxylic acids is 3. The van der Waals surface area contributed by atoms with Crippen molar-refractivity contribution in [1.82, 2.24) is 4.90 Å². The van der Waals surface area contributed by atoms with Crippen LogP contribution in [0, 0.1) is 10.8 Å². The Hall–Kier alpha value is -9.56. The first-order chi connectivity index (χ1) is 55.9. The molecule has 3 fully saturated rings. The van der Waals surface area contributed by atoms with E-state index in [2.05, 4.69) is 10.0 Å². The van der Waals surface area contributed by atoms with E-state index in [1.165, 1.54) is 0 Å². The minimum Gasteiger partial charge on any atom is -0.497 e. The number of azide groups is 1. The number of hydrogen-bond acceptors (Lipinski definition) is 20. The Balaban J connectivity index is 0.972. The zero-order valence-corrected chi connectivity index (χ0v) is 67.0. The number of esters is 2. The monoisotopic (exact) mass is 1570 g/mol. The Morgan fingerprint density at radius 3 is 1.20 bits per heavy atom. The van der Waals surface area contributed by atoms with E-state index in [1.807, 2.05) is 233 Å². The number of hydrogen-bond donors (Lipinski definition) is 0. The predicted molar refractivity (Wildman–Crippen MR) is 430 cm³/mol. The third kappa shape index (κ3) is 25.7. The second-order valence-electron chi connectivity index (χ2n) is 30.5. The Morgan fingerprint density at radius 2 is 0.765 bits per heavy atom. The number of benzene rings is 8. The van der Waals surface area contributed by atoms with Crippen molar-refractivity contribution >= 4 is 18.0 Å². The van der Waals surface area contributed by atoms with Crippen molar-refractivity contribution in [3.05, 3.63) is 286 Å². The van der Waals surface area contributed by atoms with E-state index in [0.29, 0.717) is 43.9 Å². The Kier molecular flexibility index (Phi) is 33.0. The van der Waals surface area contributed by atoms with Gasteiger partial charge >= 0.3 is 18.0 Å². The van der Waals surface area contributed by atoms with Crippen molar-refractivity contribution in [2.75, 3.05) is 33.4 Å². The van der Waals surface area contributed by atoms with Gasteiger partial charge in [-0.2, -0.15) is 0 Å². The maximum atomic E-state index is 15.6. The second kappa shape index (κ2) is 44.0. The lowest BCUT2D eigenvalue weighted by Crippen LogP contribution is -2.67. The number of nitrogens with zero attached hydrogens (tertiary/aromatic N) is 4. The van der Waals surface area contributed by atoms with Gasteiger partial charge in [0.25, 0.3) is 0 Å². The molecule has 0 aliphatic carbocycles. The molecule has 3 heterocycles. The molecule has 23 nitrogen and oxygen atoms in total. The van der Waals surface area contributed by atoms with Gasteiger partial charge in [-0.1, -0.05) is 217 Å². The lowest BCUT2D eigenvalue weighted by atomic mass is 9.89. The van der Waals surface area contributed by atoms with Crippen LogP contribution >= 0.6 is 0 Å². The lowest BCUT2D eigenvalue weighted by molar-refractivity contribution is -0.389. The summed E-state index contributed by atoms with van der Waals surface area (Å²) in [5.41, 5.74) is 13.1. The highest BCUT2D eigenvalue weighted by molar-refractivity contribution is 5.76. The molecular formula is C92H110N4O19. The first-order valence-electron chi connectivity index (χ1n) is 39.8. The van der Waals surface area contributed by atoms with Gasteiger partial charge in [-0.3, -0.25) is 9.59 Å². The highest BCUT2D eigenvalue weighted by atomic mass is 16.8. The molecule has 8 aromatic rings. The van der Waals surface area contributed by atoms with Crippen LogP contribution in [0.4, 0.5) is 4.79 Å². The van der Waals surface area contributed by atoms with E-state index < -0.39 is 121 Å². The summed E-state index contributed by atoms with van der Waals surface area (Å²) >= 11 is 0. The Labute approximate surface area is 675 Å². The summed E-state index contributed by atoms with van der Waals surface area (Å²) in [5, 5.41) is 3.82. The van der Waals surface area contributed by atoms with Crippen molar-refractivity contribution in [2.45, 2.75) is 219 Å². The molecule has 8 aromatic carbocycles. The van der Waals surface area contributed by atoms with Crippen LogP contribution in [0.2, 0.25) is 0 Å². The summed E-state index contributed by atoms with van der Waals surface area (Å²) in [6, 6.07) is 75.0. The summed E-state index contributed by atoms with van der Waals surface area (Å²) in [5.74, 6) is -0.121. The third-order valence-corrected chi connectivity index (χ3v) is 20.8. The van der Waals surface area contributed by atoms with E-state index in [4.69, 9.17) is 75.8 Å². The van der Waals surface area contributed by atoms with Crippen molar-refractivity contribution in [3.8, 4) is 11.5 Å². The topological polar surface area (TPSA) is 251 Å². The fourth-order valence-electron chi connectivity index (χ4n) is 13.9. The molecule has 3 aliphatic rings. The third-order valence-electron chi connectivity index (χ3n) is 20.8. The lowest BCUT2D eigenvalue weighted by Gasteiger charge is -2.51. The zero-order valence-electron chi connectivity index (χ0n) is 67.0. The summed E-state index contributed by atoms with van der Waals surface area (Å²) in [6.07, 6.45) is -15.9. The smallest absolute Gasteiger partial charge is 0.410 e. The van der Waals surface area contributed by atoms with E-state index >= 15 is 9.59 Å². The fourth-order valence-corrected chi connectivity index (χ4v) is 13.9. The normalized spacial score (nSPS) is 23.5. The Bertz CT molecular complexity index is 4220. The number of carbonyl (C=O) groups is 3. The molecule has 3 aliphatic heterocycles. The first kappa shape index (κ1) is 86.3. The maximum Gasteiger partial charge on any atom is 0.410 e. The average Bonchev–Trinajstić information content (AvgIpc) is 0.760. The van der Waals surface area contributed by atoms with Gasteiger partial charge in [0.1, 0.15) is 60.8 Å². The zero-order chi connectivity index (χ0) is 80.8. The minimum atomic E-state index is -1.60. The quantitative estimate of drug-likeness (QED) is 0.00861. The molecule has 23 heteroatoms. The van der Waals surface area contributed by atoms with E-state index in [0.717, 1.165) is 38.9 Å². The molecule has 115 heavy (non-hydrogen) atoms. The molecule has 0 unspecified atom stereocenters. The predicted octanol–water partition coefficient (Wildman–Crippen LogP) is 17.0. The van der Waals surface area contributed by atoms with Gasteiger partial charge in [-0.05, 0) is 149 Å². The number of amides is 1. The Morgan fingerprint density at radius 1 is 0.400 bits per heavy atom. The van der Waals surface area contributed by atoms with Crippen molar-refractivity contribution in [3.63, 3.8) is 0 Å².